The Kier molecular flexibility index (Phi) is 14.9. The zero-order valence-corrected chi connectivity index (χ0v) is 20.8. The van der Waals surface area contributed by atoms with Crippen molar-refractivity contribution in [2.75, 3.05) is 19.8 Å². The van der Waals surface area contributed by atoms with E-state index in [-0.39, 0.29) is 26.0 Å². The van der Waals surface area contributed by atoms with Crippen molar-refractivity contribution in [2.24, 2.45) is 11.1 Å². The fraction of sp³-hybridized carbons (Fsp3) is 0.524. The van der Waals surface area contributed by atoms with Gasteiger partial charge in [-0.1, -0.05) is 11.2 Å². The third-order valence-corrected chi connectivity index (χ3v) is 5.14. The highest BCUT2D eigenvalue weighted by Gasteiger charge is 2.26. The number of rotatable bonds is 17. The first-order chi connectivity index (χ1) is 17.2. The van der Waals surface area contributed by atoms with Crippen LogP contribution in [-0.2, 0) is 19.2 Å². The molecule has 1 rings (SSSR count). The van der Waals surface area contributed by atoms with E-state index >= 15 is 0 Å². The summed E-state index contributed by atoms with van der Waals surface area (Å²) in [7, 11) is 0. The Morgan fingerprint density at radius 1 is 1.19 bits per heavy atom. The summed E-state index contributed by atoms with van der Waals surface area (Å²) in [5, 5.41) is 47.7. The van der Waals surface area contributed by atoms with E-state index in [0.717, 1.165) is 0 Å². The van der Waals surface area contributed by atoms with E-state index in [0.29, 0.717) is 29.4 Å². The molecule has 3 atom stereocenters. The van der Waals surface area contributed by atoms with Crippen molar-refractivity contribution in [1.82, 2.24) is 20.9 Å². The smallest absolute Gasteiger partial charge is 0.326 e. The Morgan fingerprint density at radius 2 is 1.94 bits per heavy atom. The van der Waals surface area contributed by atoms with Crippen molar-refractivity contribution < 1.29 is 44.4 Å². The summed E-state index contributed by atoms with van der Waals surface area (Å²) < 4.78 is 0.629. The number of aliphatic carboxylic acids is 1. The first kappa shape index (κ1) is 30.9. The minimum atomic E-state index is -2.02. The van der Waals surface area contributed by atoms with Gasteiger partial charge in [0.25, 0.3) is 5.91 Å². The summed E-state index contributed by atoms with van der Waals surface area (Å²) in [5.74, 6) is -2.66. The lowest BCUT2D eigenvalue weighted by Gasteiger charge is -2.24. The molecule has 1 aromatic heterocycles. The van der Waals surface area contributed by atoms with Gasteiger partial charge in [-0.2, -0.15) is 0 Å². The Labute approximate surface area is 215 Å². The molecule has 3 amide bonds. The van der Waals surface area contributed by atoms with Crippen LogP contribution in [-0.4, -0.2) is 94.0 Å². The van der Waals surface area contributed by atoms with Crippen molar-refractivity contribution >= 4 is 46.3 Å². The Hall–Kier alpha value is -3.14. The lowest BCUT2D eigenvalue weighted by molar-refractivity contribution is -0.139. The number of carboxylic acids is 1. The number of pyridine rings is 1. The second-order valence-corrected chi connectivity index (χ2v) is 8.39. The highest BCUT2D eigenvalue weighted by molar-refractivity contribution is 9.10. The number of unbranched alkanes of at least 4 members (excludes halogenated alkanes) is 1. The first-order valence-corrected chi connectivity index (χ1v) is 11.7. The topological polar surface area (TPSA) is 220 Å². The quantitative estimate of drug-likeness (QED) is 0.0303. The first-order valence-electron chi connectivity index (χ1n) is 10.9. The van der Waals surface area contributed by atoms with Crippen LogP contribution in [0.1, 0.15) is 31.4 Å². The van der Waals surface area contributed by atoms with Gasteiger partial charge in [-0.3, -0.25) is 4.79 Å². The lowest BCUT2D eigenvalue weighted by Crippen LogP contribution is -2.52. The van der Waals surface area contributed by atoms with Crippen molar-refractivity contribution in [1.29, 1.82) is 0 Å². The average molecular weight is 576 g/mol. The molecule has 0 fully saturated rings. The SMILES string of the molecule is O=CC(CO)CC(NC(=O)NC(CCCCNC(=O)CON=Cc1cccc(Br)n1)C(=O)O)C(O)O. The zero-order valence-electron chi connectivity index (χ0n) is 19.2. The largest absolute Gasteiger partial charge is 0.480 e. The Balaban J connectivity index is 2.32. The molecule has 0 bridgehead atoms. The monoisotopic (exact) mass is 575 g/mol. The van der Waals surface area contributed by atoms with Gasteiger partial charge in [0.05, 0.1) is 24.6 Å². The number of urea groups is 1. The van der Waals surface area contributed by atoms with Gasteiger partial charge >= 0.3 is 12.0 Å². The molecule has 0 saturated carbocycles. The average Bonchev–Trinajstić information content (AvgIpc) is 2.83. The number of oxime groups is 1. The van der Waals surface area contributed by atoms with Crippen LogP contribution in [0, 0.1) is 5.92 Å². The fourth-order valence-corrected chi connectivity index (χ4v) is 3.17. The van der Waals surface area contributed by atoms with E-state index in [9.17, 15) is 34.5 Å². The number of amides is 3. The van der Waals surface area contributed by atoms with Crippen LogP contribution in [0.15, 0.2) is 28.0 Å². The van der Waals surface area contributed by atoms with Gasteiger partial charge < -0.3 is 46.0 Å². The molecule has 0 aromatic carbocycles. The molecule has 1 heterocycles. The summed E-state index contributed by atoms with van der Waals surface area (Å²) in [4.78, 5) is 55.1. The number of carboxylic acid groups (broad SMARTS) is 1. The summed E-state index contributed by atoms with van der Waals surface area (Å²) in [6.45, 7) is -0.624. The van der Waals surface area contributed by atoms with E-state index in [2.05, 4.69) is 42.0 Å². The van der Waals surface area contributed by atoms with Crippen LogP contribution in [0.5, 0.6) is 0 Å². The molecule has 0 radical (unpaired) electrons. The number of hydrogen-bond donors (Lipinski definition) is 7. The number of aldehydes is 1. The zero-order chi connectivity index (χ0) is 26.9. The number of aromatic nitrogens is 1. The summed E-state index contributed by atoms with van der Waals surface area (Å²) >= 11 is 3.22. The summed E-state index contributed by atoms with van der Waals surface area (Å²) in [6.07, 6.45) is 0.285. The van der Waals surface area contributed by atoms with Crippen LogP contribution in [0.2, 0.25) is 0 Å². The van der Waals surface area contributed by atoms with Crippen LogP contribution >= 0.6 is 15.9 Å². The molecule has 36 heavy (non-hydrogen) atoms. The fourth-order valence-electron chi connectivity index (χ4n) is 2.82. The molecule has 1 aromatic rings. The van der Waals surface area contributed by atoms with Gasteiger partial charge in [0.15, 0.2) is 12.9 Å². The molecule has 3 unspecified atom stereocenters. The van der Waals surface area contributed by atoms with Crippen molar-refractivity contribution in [3.63, 3.8) is 0 Å². The molecule has 0 saturated heterocycles. The predicted octanol–water partition coefficient (Wildman–Crippen LogP) is -0.890. The molecule has 0 aliphatic rings. The number of nitrogens with zero attached hydrogens (tertiary/aromatic N) is 2. The van der Waals surface area contributed by atoms with Gasteiger partial charge in [0, 0.05) is 12.5 Å². The minimum absolute atomic E-state index is 0.0407. The lowest BCUT2D eigenvalue weighted by atomic mass is 10.0. The second-order valence-electron chi connectivity index (χ2n) is 7.58. The van der Waals surface area contributed by atoms with E-state index in [1.165, 1.54) is 6.21 Å². The van der Waals surface area contributed by atoms with Crippen molar-refractivity contribution in [3.8, 4) is 0 Å². The highest BCUT2D eigenvalue weighted by Crippen LogP contribution is 2.07. The number of aliphatic hydroxyl groups excluding tert-OH is 2. The maximum Gasteiger partial charge on any atom is 0.326 e. The van der Waals surface area contributed by atoms with Gasteiger partial charge in [0.2, 0.25) is 0 Å². The standard InChI is InChI=1S/C21H30BrN5O9/c22-17-6-3-4-14(25-17)9-24-36-12-18(30)23-7-2-1-5-15(19(31)32)26-21(35)27-16(20(33)34)8-13(10-28)11-29/h3-4,6,9-10,13,15-16,20,29,33-34H,1-2,5,7-8,11-12H2,(H,23,30)(H,31,32)(H2,26,27,35). The van der Waals surface area contributed by atoms with Crippen LogP contribution < -0.4 is 16.0 Å². The number of carbonyl (C=O) groups excluding carboxylic acids is 3. The maximum atomic E-state index is 12.1. The summed E-state index contributed by atoms with van der Waals surface area (Å²) in [6, 6.07) is 1.66. The normalized spacial score (nSPS) is 13.6. The van der Waals surface area contributed by atoms with E-state index in [1.54, 1.807) is 18.2 Å². The van der Waals surface area contributed by atoms with Crippen LogP contribution in [0.4, 0.5) is 4.79 Å². The Morgan fingerprint density at radius 3 is 2.56 bits per heavy atom. The van der Waals surface area contributed by atoms with Crippen molar-refractivity contribution in [3.05, 3.63) is 28.5 Å². The number of halogens is 1. The van der Waals surface area contributed by atoms with Crippen molar-refractivity contribution in [2.45, 2.75) is 44.1 Å². The molecule has 15 heteroatoms. The van der Waals surface area contributed by atoms with Crippen LogP contribution in [0.25, 0.3) is 0 Å². The van der Waals surface area contributed by atoms with Crippen LogP contribution in [0.3, 0.4) is 0 Å². The van der Waals surface area contributed by atoms with E-state index in [4.69, 9.17) is 9.94 Å². The number of nitrogens with one attached hydrogen (secondary N) is 3. The molecule has 7 N–H and O–H groups in total. The molecule has 0 aliphatic carbocycles. The van der Waals surface area contributed by atoms with Gasteiger partial charge in [-0.05, 0) is 53.7 Å². The van der Waals surface area contributed by atoms with E-state index < -0.39 is 48.8 Å². The third-order valence-electron chi connectivity index (χ3n) is 4.70. The molecule has 0 aliphatic heterocycles. The molecule has 14 nitrogen and oxygen atoms in total. The molecule has 200 valence electrons. The Bertz CT molecular complexity index is 887. The third kappa shape index (κ3) is 13.1. The predicted molar refractivity (Wildman–Crippen MR) is 129 cm³/mol. The maximum absolute atomic E-state index is 12.1. The molecule has 0 spiro atoms. The van der Waals surface area contributed by atoms with E-state index in [1.807, 2.05) is 0 Å². The number of carbonyl (C=O) groups is 4. The minimum Gasteiger partial charge on any atom is -0.480 e. The highest BCUT2D eigenvalue weighted by atomic mass is 79.9. The second kappa shape index (κ2) is 17.3. The van der Waals surface area contributed by atoms with Gasteiger partial charge in [0.1, 0.15) is 16.9 Å². The summed E-state index contributed by atoms with van der Waals surface area (Å²) in [5.41, 5.74) is 0.540. The van der Waals surface area contributed by atoms with Gasteiger partial charge in [-0.25, -0.2) is 14.6 Å². The molecular formula is C21H30BrN5O9. The van der Waals surface area contributed by atoms with Gasteiger partial charge in [-0.15, -0.1) is 0 Å². The number of hydrogen-bond acceptors (Lipinski definition) is 10. The molecular weight excluding hydrogens is 546 g/mol. The number of aliphatic hydroxyl groups is 3.